The second-order valence-electron chi connectivity index (χ2n) is 7.05. The standard InChI is InChI=1S/C20H25FN4O2/c1-14-13-18(15(2)25(14)17-7-5-16(21)6-8-17)19(26)23-9-11-24(12-10-23)20(27)22(3)4/h5-8,13H,9-12H2,1-4H3. The molecule has 0 N–H and O–H groups in total. The molecule has 1 aromatic carbocycles. The number of carbonyl (C=O) groups is 2. The second kappa shape index (κ2) is 7.42. The molecule has 7 heteroatoms. The fourth-order valence-corrected chi connectivity index (χ4v) is 3.52. The van der Waals surface area contributed by atoms with Crippen molar-refractivity contribution in [2.24, 2.45) is 0 Å². The predicted octanol–water partition coefficient (Wildman–Crippen LogP) is 2.67. The zero-order chi connectivity index (χ0) is 19.7. The molecule has 1 fully saturated rings. The normalized spacial score (nSPS) is 14.4. The molecule has 2 heterocycles. The van der Waals surface area contributed by atoms with Crippen molar-refractivity contribution in [1.29, 1.82) is 0 Å². The number of carbonyl (C=O) groups excluding carboxylic acids is 2. The lowest BCUT2D eigenvalue weighted by molar-refractivity contribution is 0.0649. The summed E-state index contributed by atoms with van der Waals surface area (Å²) < 4.78 is 15.2. The highest BCUT2D eigenvalue weighted by molar-refractivity contribution is 5.96. The maximum absolute atomic E-state index is 13.2. The van der Waals surface area contributed by atoms with Crippen LogP contribution in [0.3, 0.4) is 0 Å². The summed E-state index contributed by atoms with van der Waals surface area (Å²) in [6, 6.07) is 8.08. The van der Waals surface area contributed by atoms with Crippen molar-refractivity contribution in [3.63, 3.8) is 0 Å². The van der Waals surface area contributed by atoms with Crippen molar-refractivity contribution in [1.82, 2.24) is 19.3 Å². The first kappa shape index (κ1) is 18.9. The van der Waals surface area contributed by atoms with Gasteiger partial charge in [-0.2, -0.15) is 0 Å². The van der Waals surface area contributed by atoms with Gasteiger partial charge in [0.05, 0.1) is 5.56 Å². The van der Waals surface area contributed by atoms with Crippen LogP contribution in [0.25, 0.3) is 5.69 Å². The van der Waals surface area contributed by atoms with Crippen LogP contribution in [0.1, 0.15) is 21.7 Å². The number of aromatic nitrogens is 1. The Hall–Kier alpha value is -2.83. The van der Waals surface area contributed by atoms with Crippen molar-refractivity contribution < 1.29 is 14.0 Å². The number of aryl methyl sites for hydroxylation is 1. The van der Waals surface area contributed by atoms with Crippen molar-refractivity contribution >= 4 is 11.9 Å². The van der Waals surface area contributed by atoms with Gasteiger partial charge in [0.15, 0.2) is 0 Å². The number of piperazine rings is 1. The van der Waals surface area contributed by atoms with E-state index in [4.69, 9.17) is 0 Å². The Morgan fingerprint density at radius 1 is 0.963 bits per heavy atom. The highest BCUT2D eigenvalue weighted by Crippen LogP contribution is 2.23. The molecule has 1 aromatic heterocycles. The van der Waals surface area contributed by atoms with Crippen LogP contribution >= 0.6 is 0 Å². The molecule has 0 spiro atoms. The number of nitrogens with zero attached hydrogens (tertiary/aromatic N) is 4. The van der Waals surface area contributed by atoms with E-state index in [9.17, 15) is 14.0 Å². The minimum atomic E-state index is -0.289. The van der Waals surface area contributed by atoms with Crippen LogP contribution in [0.15, 0.2) is 30.3 Å². The predicted molar refractivity (Wildman–Crippen MR) is 102 cm³/mol. The molecule has 0 atom stereocenters. The van der Waals surface area contributed by atoms with Crippen LogP contribution in [0.5, 0.6) is 0 Å². The van der Waals surface area contributed by atoms with Gasteiger partial charge in [-0.1, -0.05) is 0 Å². The van der Waals surface area contributed by atoms with E-state index < -0.39 is 0 Å². The molecular weight excluding hydrogens is 347 g/mol. The van der Waals surface area contributed by atoms with Gasteiger partial charge in [0.2, 0.25) is 0 Å². The molecule has 0 aliphatic carbocycles. The van der Waals surface area contributed by atoms with Crippen molar-refractivity contribution in [2.75, 3.05) is 40.3 Å². The van der Waals surface area contributed by atoms with Gasteiger partial charge >= 0.3 is 6.03 Å². The summed E-state index contributed by atoms with van der Waals surface area (Å²) in [6.45, 7) is 5.91. The van der Waals surface area contributed by atoms with Gasteiger partial charge in [-0.25, -0.2) is 9.18 Å². The Kier molecular flexibility index (Phi) is 5.21. The van der Waals surface area contributed by atoms with E-state index in [1.54, 1.807) is 40.9 Å². The highest BCUT2D eigenvalue weighted by Gasteiger charge is 2.27. The quantitative estimate of drug-likeness (QED) is 0.814. The lowest BCUT2D eigenvalue weighted by atomic mass is 10.2. The van der Waals surface area contributed by atoms with Crippen LogP contribution in [0.4, 0.5) is 9.18 Å². The Morgan fingerprint density at radius 2 is 1.52 bits per heavy atom. The highest BCUT2D eigenvalue weighted by atomic mass is 19.1. The van der Waals surface area contributed by atoms with E-state index >= 15 is 0 Å². The Bertz CT molecular complexity index is 850. The molecule has 0 saturated carbocycles. The molecule has 3 rings (SSSR count). The maximum atomic E-state index is 13.2. The van der Waals surface area contributed by atoms with Crippen LogP contribution < -0.4 is 0 Å². The van der Waals surface area contributed by atoms with E-state index in [1.807, 2.05) is 24.5 Å². The number of hydrogen-bond donors (Lipinski definition) is 0. The lowest BCUT2D eigenvalue weighted by Crippen LogP contribution is -2.52. The first-order valence-corrected chi connectivity index (χ1v) is 9.00. The Morgan fingerprint density at radius 3 is 2.07 bits per heavy atom. The average molecular weight is 372 g/mol. The minimum Gasteiger partial charge on any atom is -0.335 e. The Balaban J connectivity index is 1.78. The SMILES string of the molecule is Cc1cc(C(=O)N2CCN(C(=O)N(C)C)CC2)c(C)n1-c1ccc(F)cc1. The second-order valence-corrected chi connectivity index (χ2v) is 7.05. The summed E-state index contributed by atoms with van der Waals surface area (Å²) in [4.78, 5) is 30.2. The van der Waals surface area contributed by atoms with Crippen molar-refractivity contribution in [3.05, 3.63) is 53.1 Å². The van der Waals surface area contributed by atoms with E-state index in [1.165, 1.54) is 12.1 Å². The zero-order valence-corrected chi connectivity index (χ0v) is 16.2. The van der Waals surface area contributed by atoms with Gasteiger partial charge in [-0.15, -0.1) is 0 Å². The molecule has 144 valence electrons. The molecule has 1 aliphatic heterocycles. The average Bonchev–Trinajstić information content (AvgIpc) is 2.95. The molecule has 0 bridgehead atoms. The number of rotatable bonds is 2. The maximum Gasteiger partial charge on any atom is 0.319 e. The van der Waals surface area contributed by atoms with Crippen LogP contribution in [0.2, 0.25) is 0 Å². The van der Waals surface area contributed by atoms with E-state index in [2.05, 4.69) is 0 Å². The first-order chi connectivity index (χ1) is 12.8. The molecule has 3 amide bonds. The number of hydrogen-bond acceptors (Lipinski definition) is 2. The molecule has 0 unspecified atom stereocenters. The summed E-state index contributed by atoms with van der Waals surface area (Å²) in [6.07, 6.45) is 0. The third-order valence-corrected chi connectivity index (χ3v) is 4.97. The lowest BCUT2D eigenvalue weighted by Gasteiger charge is -2.36. The molecule has 2 aromatic rings. The van der Waals surface area contributed by atoms with Gasteiger partial charge in [0, 0.05) is 57.3 Å². The molecule has 1 saturated heterocycles. The van der Waals surface area contributed by atoms with E-state index in [0.29, 0.717) is 31.7 Å². The fraction of sp³-hybridized carbons (Fsp3) is 0.400. The number of benzene rings is 1. The third-order valence-electron chi connectivity index (χ3n) is 4.97. The largest absolute Gasteiger partial charge is 0.335 e. The Labute approximate surface area is 158 Å². The summed E-state index contributed by atoms with van der Waals surface area (Å²) in [5.41, 5.74) is 3.22. The summed E-state index contributed by atoms with van der Waals surface area (Å²) in [7, 11) is 3.45. The van der Waals surface area contributed by atoms with Gasteiger partial charge < -0.3 is 19.3 Å². The van der Waals surface area contributed by atoms with Gasteiger partial charge in [-0.05, 0) is 44.2 Å². The van der Waals surface area contributed by atoms with Crippen LogP contribution in [0, 0.1) is 19.7 Å². The van der Waals surface area contributed by atoms with Gasteiger partial charge in [0.1, 0.15) is 5.82 Å². The minimum absolute atomic E-state index is 0.0309. The number of amides is 3. The fourth-order valence-electron chi connectivity index (χ4n) is 3.52. The first-order valence-electron chi connectivity index (χ1n) is 9.00. The molecule has 6 nitrogen and oxygen atoms in total. The summed E-state index contributed by atoms with van der Waals surface area (Å²) in [5, 5.41) is 0. The topological polar surface area (TPSA) is 48.8 Å². The van der Waals surface area contributed by atoms with Crippen LogP contribution in [-0.4, -0.2) is 71.5 Å². The zero-order valence-electron chi connectivity index (χ0n) is 16.2. The number of halogens is 1. The van der Waals surface area contributed by atoms with Crippen LogP contribution in [-0.2, 0) is 0 Å². The van der Waals surface area contributed by atoms with Crippen molar-refractivity contribution in [2.45, 2.75) is 13.8 Å². The molecule has 0 radical (unpaired) electrons. The van der Waals surface area contributed by atoms with E-state index in [0.717, 1.165) is 17.1 Å². The molecular formula is C20H25FN4O2. The smallest absolute Gasteiger partial charge is 0.319 e. The van der Waals surface area contributed by atoms with Gasteiger partial charge in [0.25, 0.3) is 5.91 Å². The van der Waals surface area contributed by atoms with Crippen molar-refractivity contribution in [3.8, 4) is 5.69 Å². The third kappa shape index (κ3) is 3.67. The molecule has 1 aliphatic rings. The summed E-state index contributed by atoms with van der Waals surface area (Å²) >= 11 is 0. The number of urea groups is 1. The van der Waals surface area contributed by atoms with Gasteiger partial charge in [-0.3, -0.25) is 4.79 Å². The summed E-state index contributed by atoms with van der Waals surface area (Å²) in [5.74, 6) is -0.323. The monoisotopic (exact) mass is 372 g/mol. The van der Waals surface area contributed by atoms with E-state index in [-0.39, 0.29) is 17.8 Å². The molecule has 27 heavy (non-hydrogen) atoms.